The average molecular weight is 711 g/mol. The Morgan fingerprint density at radius 3 is 1.04 bits per heavy atom. The van der Waals surface area contributed by atoms with Gasteiger partial charge in [0.05, 0.1) is 13.2 Å². The molecule has 0 radical (unpaired) electrons. The summed E-state index contributed by atoms with van der Waals surface area (Å²) < 4.78 is 66.3. The van der Waals surface area contributed by atoms with Crippen molar-refractivity contribution in [3.63, 3.8) is 0 Å². The molecule has 5 heteroatoms. The van der Waals surface area contributed by atoms with Crippen molar-refractivity contribution < 1.29 is 22.3 Å². The first-order valence-corrected chi connectivity index (χ1v) is 21.4. The third-order valence-electron chi connectivity index (χ3n) is 14.3. The van der Waals surface area contributed by atoms with Crippen LogP contribution in [0.1, 0.15) is 176 Å². The molecule has 0 spiro atoms. The van der Waals surface area contributed by atoms with Crippen LogP contribution < -0.4 is 0 Å². The Bertz CT molecular complexity index is 1210. The highest BCUT2D eigenvalue weighted by molar-refractivity contribution is 5.30. The first-order valence-electron chi connectivity index (χ1n) is 21.4. The molecule has 4 saturated carbocycles. The van der Waals surface area contributed by atoms with Gasteiger partial charge in [-0.3, -0.25) is 0 Å². The normalized spacial score (nSPS) is 30.4. The fourth-order valence-electron chi connectivity index (χ4n) is 11.2. The minimum Gasteiger partial charge on any atom is -0.381 e. The number of halogens is 4. The Balaban J connectivity index is 0.911. The third kappa shape index (κ3) is 10.2. The molecule has 4 fully saturated rings. The molecule has 2 aromatic rings. The molecule has 51 heavy (non-hydrogen) atoms. The van der Waals surface area contributed by atoms with E-state index in [1.165, 1.54) is 101 Å². The molecule has 4 aliphatic carbocycles. The summed E-state index contributed by atoms with van der Waals surface area (Å²) in [6.07, 6.45) is 25.1. The molecule has 0 unspecified atom stereocenters. The number of benzene rings is 2. The van der Waals surface area contributed by atoms with E-state index < -0.39 is 23.3 Å². The minimum absolute atomic E-state index is 0.0388. The van der Waals surface area contributed by atoms with Crippen molar-refractivity contribution >= 4 is 0 Å². The van der Waals surface area contributed by atoms with Crippen molar-refractivity contribution in [3.05, 3.63) is 69.8 Å². The van der Waals surface area contributed by atoms with Crippen molar-refractivity contribution in [2.24, 2.45) is 35.5 Å². The van der Waals surface area contributed by atoms with E-state index in [0.717, 1.165) is 98.0 Å². The van der Waals surface area contributed by atoms with Gasteiger partial charge >= 0.3 is 0 Å². The highest BCUT2D eigenvalue weighted by atomic mass is 19.1. The van der Waals surface area contributed by atoms with Crippen molar-refractivity contribution in [1.82, 2.24) is 0 Å². The van der Waals surface area contributed by atoms with Crippen molar-refractivity contribution in [1.29, 1.82) is 0 Å². The first kappa shape index (κ1) is 38.8. The molecule has 4 aliphatic rings. The summed E-state index contributed by atoms with van der Waals surface area (Å²) in [6.45, 7) is 4.78. The van der Waals surface area contributed by atoms with E-state index in [-0.39, 0.29) is 49.0 Å². The van der Waals surface area contributed by atoms with Gasteiger partial charge in [0.2, 0.25) is 0 Å². The summed E-state index contributed by atoms with van der Waals surface area (Å²) in [7, 11) is 0. The monoisotopic (exact) mass is 711 g/mol. The molecule has 0 aliphatic heterocycles. The van der Waals surface area contributed by atoms with Gasteiger partial charge in [-0.1, -0.05) is 65.2 Å². The Morgan fingerprint density at radius 2 is 0.745 bits per heavy atom. The SMILES string of the molecule is CCCC1CCC(C2CCC(c3cc(F)c(CCOCCc4c(F)cc(C5CCC(C6CCC(CCC)CC6)CC5)cc4F)c(F)c3)CC2)CC1. The first-order chi connectivity index (χ1) is 24.8. The lowest BCUT2D eigenvalue weighted by Gasteiger charge is -2.38. The van der Waals surface area contributed by atoms with Crippen LogP contribution in [0.25, 0.3) is 0 Å². The van der Waals surface area contributed by atoms with Gasteiger partial charge < -0.3 is 4.74 Å². The van der Waals surface area contributed by atoms with Gasteiger partial charge in [0.1, 0.15) is 23.3 Å². The zero-order valence-electron chi connectivity index (χ0n) is 31.8. The van der Waals surface area contributed by atoms with Gasteiger partial charge in [0, 0.05) is 24.0 Å². The molecule has 6 rings (SSSR count). The largest absolute Gasteiger partial charge is 0.381 e. The summed E-state index contributed by atoms with van der Waals surface area (Å²) in [4.78, 5) is 0. The van der Waals surface area contributed by atoms with E-state index in [0.29, 0.717) is 0 Å². The molecular weight excluding hydrogens is 644 g/mol. The van der Waals surface area contributed by atoms with Crippen LogP contribution >= 0.6 is 0 Å². The van der Waals surface area contributed by atoms with Crippen LogP contribution in [-0.2, 0) is 17.6 Å². The number of ether oxygens (including phenoxy) is 1. The van der Waals surface area contributed by atoms with Crippen molar-refractivity contribution in [3.8, 4) is 0 Å². The van der Waals surface area contributed by atoms with Crippen LogP contribution in [0.5, 0.6) is 0 Å². The van der Waals surface area contributed by atoms with Gasteiger partial charge in [-0.25, -0.2) is 17.6 Å². The van der Waals surface area contributed by atoms with E-state index in [2.05, 4.69) is 13.8 Å². The Kier molecular flexibility index (Phi) is 14.4. The second-order valence-corrected chi connectivity index (χ2v) is 17.4. The maximum absolute atomic E-state index is 15.2. The van der Waals surface area contributed by atoms with Crippen molar-refractivity contribution in [2.75, 3.05) is 13.2 Å². The molecule has 0 heterocycles. The average Bonchev–Trinajstić information content (AvgIpc) is 3.14. The lowest BCUT2D eigenvalue weighted by atomic mass is 9.68. The predicted octanol–water partition coefficient (Wildman–Crippen LogP) is 13.8. The van der Waals surface area contributed by atoms with Gasteiger partial charge in [0.25, 0.3) is 0 Å². The smallest absolute Gasteiger partial charge is 0.129 e. The summed E-state index contributed by atoms with van der Waals surface area (Å²) >= 11 is 0. The molecule has 0 atom stereocenters. The van der Waals surface area contributed by atoms with Crippen LogP contribution in [0.2, 0.25) is 0 Å². The highest BCUT2D eigenvalue weighted by Gasteiger charge is 2.33. The van der Waals surface area contributed by atoms with E-state index in [4.69, 9.17) is 4.74 Å². The lowest BCUT2D eigenvalue weighted by molar-refractivity contribution is 0.137. The van der Waals surface area contributed by atoms with Gasteiger partial charge in [-0.05, 0) is 160 Å². The number of rotatable bonds is 14. The summed E-state index contributed by atoms with van der Waals surface area (Å²) in [5, 5.41) is 0. The zero-order chi connectivity index (χ0) is 35.7. The van der Waals surface area contributed by atoms with Gasteiger partial charge in [-0.2, -0.15) is 0 Å². The standard InChI is InChI=1S/C46H66F4O/c1-3-5-31-7-11-33(12-8-31)35-15-19-37(20-16-35)39-27-43(47)41(44(48)28-39)23-25-51-26-24-42-45(49)29-40(30-46(42)50)38-21-17-36(18-22-38)34-13-9-32(6-4-2)10-14-34/h27-38H,3-26H2,1-2H3. The van der Waals surface area contributed by atoms with Crippen molar-refractivity contribution in [2.45, 2.75) is 167 Å². The van der Waals surface area contributed by atoms with Crippen LogP contribution in [0.4, 0.5) is 17.6 Å². The van der Waals surface area contributed by atoms with Crippen LogP contribution in [0.3, 0.4) is 0 Å². The van der Waals surface area contributed by atoms with E-state index in [9.17, 15) is 0 Å². The molecule has 0 amide bonds. The third-order valence-corrected chi connectivity index (χ3v) is 14.3. The Labute approximate surface area is 307 Å². The van der Waals surface area contributed by atoms with Crippen LogP contribution in [-0.4, -0.2) is 13.2 Å². The Morgan fingerprint density at radius 1 is 0.451 bits per heavy atom. The van der Waals surface area contributed by atoms with Crippen LogP contribution in [0.15, 0.2) is 24.3 Å². The van der Waals surface area contributed by atoms with Gasteiger partial charge in [0.15, 0.2) is 0 Å². The fraction of sp³-hybridized carbons (Fsp3) is 0.739. The number of hydrogen-bond acceptors (Lipinski definition) is 1. The molecule has 284 valence electrons. The molecular formula is C46H66F4O. The maximum atomic E-state index is 15.2. The second kappa shape index (κ2) is 18.9. The quantitative estimate of drug-likeness (QED) is 0.140. The molecule has 0 aromatic heterocycles. The van der Waals surface area contributed by atoms with E-state index >= 15 is 17.6 Å². The summed E-state index contributed by atoms with van der Waals surface area (Å²) in [5.74, 6) is 3.46. The molecule has 2 aromatic carbocycles. The summed E-state index contributed by atoms with van der Waals surface area (Å²) in [6, 6.07) is 6.15. The van der Waals surface area contributed by atoms with E-state index in [1.54, 1.807) is 0 Å². The molecule has 0 saturated heterocycles. The topological polar surface area (TPSA) is 9.23 Å². The highest BCUT2D eigenvalue weighted by Crippen LogP contribution is 2.46. The zero-order valence-corrected chi connectivity index (χ0v) is 31.8. The molecule has 0 bridgehead atoms. The Hall–Kier alpha value is -1.88. The number of hydrogen-bond donors (Lipinski definition) is 0. The van der Waals surface area contributed by atoms with Crippen LogP contribution in [0, 0.1) is 58.8 Å². The lowest BCUT2D eigenvalue weighted by Crippen LogP contribution is -2.25. The van der Waals surface area contributed by atoms with E-state index in [1.807, 2.05) is 0 Å². The molecule has 1 nitrogen and oxygen atoms in total. The maximum Gasteiger partial charge on any atom is 0.129 e. The predicted molar refractivity (Wildman–Crippen MR) is 201 cm³/mol. The fourth-order valence-corrected chi connectivity index (χ4v) is 11.2. The minimum atomic E-state index is -0.508. The second-order valence-electron chi connectivity index (χ2n) is 17.4. The molecule has 0 N–H and O–H groups in total. The van der Waals surface area contributed by atoms with Gasteiger partial charge in [-0.15, -0.1) is 0 Å². The summed E-state index contributed by atoms with van der Waals surface area (Å²) in [5.41, 5.74) is 1.65.